The average molecular weight is 738 g/mol. The first-order valence-corrected chi connectivity index (χ1v) is 12.8. The van der Waals surface area contributed by atoms with Crippen molar-refractivity contribution in [3.8, 4) is 34.4 Å². The number of ether oxygens (including phenoxy) is 2. The van der Waals surface area contributed by atoms with Gasteiger partial charge in [0.2, 0.25) is 0 Å². The zero-order valence-corrected chi connectivity index (χ0v) is 26.0. The molecule has 0 spiro atoms. The molecule has 11 heteroatoms. The monoisotopic (exact) mass is 739 g/mol. The predicted octanol–water partition coefficient (Wildman–Crippen LogP) is 5.00. The van der Waals surface area contributed by atoms with E-state index in [9.17, 15) is 0 Å². The van der Waals surface area contributed by atoms with Crippen molar-refractivity contribution < 1.29 is 29.3 Å². The summed E-state index contributed by atoms with van der Waals surface area (Å²) in [5, 5.41) is 8.16. The number of benzene rings is 1. The molecule has 0 aliphatic carbocycles. The number of nitrogens with zero attached hydrogens (tertiary/aromatic N) is 7. The van der Waals surface area contributed by atoms with Gasteiger partial charge in [-0.2, -0.15) is 10.2 Å². The third kappa shape index (κ3) is 9.44. The molecule has 5 aromatic heterocycles. The van der Waals surface area contributed by atoms with Gasteiger partial charge < -0.3 is 14.5 Å². The predicted molar refractivity (Wildman–Crippen MR) is 157 cm³/mol. The number of aryl methyl sites for hydroxylation is 2. The number of nitrogens with two attached hydrogens (primary N) is 1. The van der Waals surface area contributed by atoms with Gasteiger partial charge in [0.15, 0.2) is 11.6 Å². The Morgan fingerprint density at radius 3 is 1.83 bits per heavy atom. The molecule has 10 nitrogen and oxygen atoms in total. The number of aromatic nitrogens is 7. The van der Waals surface area contributed by atoms with Gasteiger partial charge in [-0.05, 0) is 79.2 Å². The second-order valence-corrected chi connectivity index (χ2v) is 8.61. The van der Waals surface area contributed by atoms with E-state index in [0.29, 0.717) is 5.75 Å². The van der Waals surface area contributed by atoms with Crippen LogP contribution in [-0.4, -0.2) is 48.4 Å². The van der Waals surface area contributed by atoms with Crippen LogP contribution in [-0.2, 0) is 19.8 Å². The minimum atomic E-state index is 0. The molecule has 0 saturated carbocycles. The van der Waals surface area contributed by atoms with Gasteiger partial charge in [0.05, 0.1) is 7.11 Å². The topological polar surface area (TPSA) is 119 Å². The second kappa shape index (κ2) is 16.5. The zero-order valence-electron chi connectivity index (χ0n) is 23.5. The summed E-state index contributed by atoms with van der Waals surface area (Å²) >= 11 is 0. The van der Waals surface area contributed by atoms with Crippen LogP contribution in [0.3, 0.4) is 0 Å². The molecule has 6 aromatic rings. The number of pyridine rings is 3. The van der Waals surface area contributed by atoms with E-state index >= 15 is 0 Å². The molecule has 1 radical (unpaired) electrons. The van der Waals surface area contributed by atoms with E-state index in [1.165, 1.54) is 11.1 Å². The third-order valence-corrected chi connectivity index (χ3v) is 5.55. The molecule has 42 heavy (non-hydrogen) atoms. The van der Waals surface area contributed by atoms with Gasteiger partial charge in [-0.3, -0.25) is 5.73 Å². The molecule has 215 valence electrons. The Balaban J connectivity index is 0.000000175. The number of hydrogen-bond donors (Lipinski definition) is 1. The van der Waals surface area contributed by atoms with Crippen LogP contribution < -0.4 is 15.2 Å². The van der Waals surface area contributed by atoms with Crippen molar-refractivity contribution in [3.05, 3.63) is 127 Å². The molecule has 2 N–H and O–H groups in total. The Hall–Kier alpha value is -4.71. The molecular formula is C31H31N8O2Os. The first kappa shape index (κ1) is 31.8. The van der Waals surface area contributed by atoms with Crippen LogP contribution in [0.25, 0.3) is 22.9 Å². The van der Waals surface area contributed by atoms with E-state index in [0.717, 1.165) is 28.6 Å². The van der Waals surface area contributed by atoms with E-state index in [4.69, 9.17) is 15.2 Å². The first-order chi connectivity index (χ1) is 20.1. The van der Waals surface area contributed by atoms with Crippen LogP contribution in [0.1, 0.15) is 11.1 Å². The fourth-order valence-corrected chi connectivity index (χ4v) is 3.56. The molecule has 1 aromatic carbocycles. The SMILES string of the molecule is COc1cc[c-]c(-c2cc(OCN)ccn2)c1.Cc1ccnc(-n2cccn2)c1.Cc1ccnc(-n2cccn2)c1.[Os+]. The summed E-state index contributed by atoms with van der Waals surface area (Å²) in [5.74, 6) is 3.18. The quantitative estimate of drug-likeness (QED) is 0.188. The van der Waals surface area contributed by atoms with E-state index in [-0.39, 0.29) is 26.5 Å². The van der Waals surface area contributed by atoms with Gasteiger partial charge in [-0.1, -0.05) is 0 Å². The fraction of sp³-hybridized carbons (Fsp3) is 0.129. The molecule has 0 fully saturated rings. The van der Waals surface area contributed by atoms with Crippen molar-refractivity contribution in [2.75, 3.05) is 13.8 Å². The molecule has 0 saturated heterocycles. The normalized spacial score (nSPS) is 9.81. The van der Waals surface area contributed by atoms with Crippen molar-refractivity contribution >= 4 is 0 Å². The summed E-state index contributed by atoms with van der Waals surface area (Å²) in [7, 11) is 1.63. The van der Waals surface area contributed by atoms with Gasteiger partial charge >= 0.3 is 19.8 Å². The Labute approximate surface area is 258 Å². The van der Waals surface area contributed by atoms with Crippen molar-refractivity contribution in [2.24, 2.45) is 5.73 Å². The van der Waals surface area contributed by atoms with Crippen molar-refractivity contribution in [1.29, 1.82) is 0 Å². The van der Waals surface area contributed by atoms with Crippen molar-refractivity contribution in [2.45, 2.75) is 13.8 Å². The maximum Gasteiger partial charge on any atom is 1.00 e. The standard InChI is InChI=1S/C13H13N2O2.2C9H9N3.Os/c1-16-11-4-2-3-10(7-11)13-8-12(17-9-14)5-6-15-13;2*1-8-3-5-10-9(7-8)12-6-2-4-11-12;/h2,4-8H,9,14H2,1H3;2*2-7H,1H3;/q-1;;;+1. The maximum atomic E-state index is 5.32. The average Bonchev–Trinajstić information content (AvgIpc) is 3.74. The molecule has 5 heterocycles. The van der Waals surface area contributed by atoms with Crippen LogP contribution in [0, 0.1) is 19.9 Å². The summed E-state index contributed by atoms with van der Waals surface area (Å²) in [4.78, 5) is 12.6. The molecule has 0 aliphatic rings. The van der Waals surface area contributed by atoms with Crippen LogP contribution >= 0.6 is 0 Å². The smallest absolute Gasteiger partial charge is 0.516 e. The van der Waals surface area contributed by atoms with Gasteiger partial charge in [0.25, 0.3) is 0 Å². The van der Waals surface area contributed by atoms with Gasteiger partial charge in [0, 0.05) is 49.1 Å². The van der Waals surface area contributed by atoms with Gasteiger partial charge in [-0.25, -0.2) is 19.3 Å². The molecule has 0 amide bonds. The summed E-state index contributed by atoms with van der Waals surface area (Å²) in [5.41, 5.74) is 9.33. The van der Waals surface area contributed by atoms with Crippen molar-refractivity contribution in [3.63, 3.8) is 0 Å². The zero-order chi connectivity index (χ0) is 28.9. The first-order valence-electron chi connectivity index (χ1n) is 12.8. The largest absolute Gasteiger partial charge is 1.00 e. The number of methoxy groups -OCH3 is 1. The number of rotatable bonds is 6. The summed E-state index contributed by atoms with van der Waals surface area (Å²) in [6.07, 6.45) is 12.5. The van der Waals surface area contributed by atoms with E-state index in [2.05, 4.69) is 31.2 Å². The van der Waals surface area contributed by atoms with Crippen LogP contribution in [0.4, 0.5) is 0 Å². The molecule has 6 rings (SSSR count). The molecule has 0 bridgehead atoms. The third-order valence-electron chi connectivity index (χ3n) is 5.55. The minimum absolute atomic E-state index is 0. The van der Waals surface area contributed by atoms with E-state index in [1.807, 2.05) is 80.8 Å². The molecular weight excluding hydrogens is 707 g/mol. The summed E-state index contributed by atoms with van der Waals surface area (Å²) < 4.78 is 13.9. The molecule has 0 atom stereocenters. The summed E-state index contributed by atoms with van der Waals surface area (Å²) in [6, 6.07) is 23.9. The Kier molecular flexibility index (Phi) is 12.5. The Bertz CT molecular complexity index is 1550. The molecule has 0 aliphatic heterocycles. The van der Waals surface area contributed by atoms with E-state index < -0.39 is 0 Å². The second-order valence-electron chi connectivity index (χ2n) is 8.61. The summed E-state index contributed by atoms with van der Waals surface area (Å²) in [6.45, 7) is 4.22. The minimum Gasteiger partial charge on any atom is -0.516 e. The van der Waals surface area contributed by atoms with Crippen LogP contribution in [0.15, 0.2) is 110 Å². The maximum absolute atomic E-state index is 5.32. The number of hydrogen-bond acceptors (Lipinski definition) is 8. The van der Waals surface area contributed by atoms with Crippen molar-refractivity contribution in [1.82, 2.24) is 34.5 Å². The Morgan fingerprint density at radius 2 is 1.33 bits per heavy atom. The fourth-order valence-electron chi connectivity index (χ4n) is 3.56. The molecule has 0 unspecified atom stereocenters. The van der Waals surface area contributed by atoms with Crippen LogP contribution in [0.5, 0.6) is 11.5 Å². The van der Waals surface area contributed by atoms with Gasteiger partial charge in [0.1, 0.15) is 12.5 Å². The Morgan fingerprint density at radius 1 is 0.738 bits per heavy atom. The van der Waals surface area contributed by atoms with Crippen LogP contribution in [0.2, 0.25) is 0 Å². The van der Waals surface area contributed by atoms with Gasteiger partial charge in [-0.15, -0.1) is 29.8 Å². The van der Waals surface area contributed by atoms with E-state index in [1.54, 1.807) is 59.6 Å².